The molecule has 3 N–H and O–H groups in total. The lowest BCUT2D eigenvalue weighted by Gasteiger charge is -2.01. The van der Waals surface area contributed by atoms with E-state index in [0.29, 0.717) is 16.2 Å². The zero-order valence-corrected chi connectivity index (χ0v) is 7.71. The van der Waals surface area contributed by atoms with Crippen LogP contribution in [0, 0.1) is 0 Å². The maximum atomic E-state index is 12.1. The quantitative estimate of drug-likeness (QED) is 0.792. The first-order valence-electron chi connectivity index (χ1n) is 3.59. The topological polar surface area (TPSA) is 55.1 Å². The van der Waals surface area contributed by atoms with Gasteiger partial charge in [-0.05, 0) is 12.1 Å². The molecule has 0 bridgehead atoms. The van der Waals surface area contributed by atoms with Crippen LogP contribution in [0.3, 0.4) is 0 Å². The molecule has 0 atom stereocenters. The maximum Gasteiger partial charge on any atom is 0.425 e. The van der Waals surface area contributed by atoms with Crippen LogP contribution in [-0.4, -0.2) is 6.03 Å². The van der Waals surface area contributed by atoms with E-state index in [4.69, 9.17) is 5.73 Å². The van der Waals surface area contributed by atoms with Gasteiger partial charge in [-0.2, -0.15) is 13.2 Å². The zero-order chi connectivity index (χ0) is 10.8. The Labute approximate surface area is 81.7 Å². The van der Waals surface area contributed by atoms with E-state index >= 15 is 0 Å². The summed E-state index contributed by atoms with van der Waals surface area (Å²) in [5.41, 5.74) is 4.77. The average Bonchev–Trinajstić information content (AvgIpc) is 2.47. The molecule has 1 heterocycles. The van der Waals surface area contributed by atoms with Gasteiger partial charge in [0.25, 0.3) is 0 Å². The number of rotatable bonds is 2. The van der Waals surface area contributed by atoms with Gasteiger partial charge in [-0.3, -0.25) is 0 Å². The normalized spacial score (nSPS) is 11.4. The van der Waals surface area contributed by atoms with E-state index in [0.717, 1.165) is 6.07 Å². The summed E-state index contributed by atoms with van der Waals surface area (Å²) in [6.45, 7) is 0.0239. The minimum Gasteiger partial charge on any atom is -0.352 e. The van der Waals surface area contributed by atoms with Crippen LogP contribution in [0.1, 0.15) is 9.75 Å². The Kier molecular flexibility index (Phi) is 3.00. The standard InChI is InChI=1S/C7H7F3N2OS/c8-7(9,10)5-2-1-4(14-5)3-12-6(11)13/h1-2H,3H2,(H3,11,12,13). The smallest absolute Gasteiger partial charge is 0.352 e. The molecule has 2 amide bonds. The molecule has 14 heavy (non-hydrogen) atoms. The molecule has 78 valence electrons. The molecule has 0 aromatic carbocycles. The molecule has 1 rings (SSSR count). The number of amides is 2. The fourth-order valence-electron chi connectivity index (χ4n) is 0.800. The van der Waals surface area contributed by atoms with Gasteiger partial charge in [0.1, 0.15) is 4.88 Å². The third-order valence-corrected chi connectivity index (χ3v) is 2.51. The van der Waals surface area contributed by atoms with E-state index < -0.39 is 17.1 Å². The van der Waals surface area contributed by atoms with Crippen molar-refractivity contribution < 1.29 is 18.0 Å². The fourth-order valence-corrected chi connectivity index (χ4v) is 1.61. The molecule has 0 unspecified atom stereocenters. The molecule has 0 aliphatic heterocycles. The van der Waals surface area contributed by atoms with Crippen LogP contribution in [0.15, 0.2) is 12.1 Å². The van der Waals surface area contributed by atoms with E-state index in [1.165, 1.54) is 6.07 Å². The molecule has 0 radical (unpaired) electrons. The molecule has 1 aromatic heterocycles. The fraction of sp³-hybridized carbons (Fsp3) is 0.286. The van der Waals surface area contributed by atoms with Crippen LogP contribution in [0.4, 0.5) is 18.0 Å². The molecule has 0 aliphatic carbocycles. The summed E-state index contributed by atoms with van der Waals surface area (Å²) >= 11 is 0.587. The summed E-state index contributed by atoms with van der Waals surface area (Å²) < 4.78 is 36.3. The van der Waals surface area contributed by atoms with Crippen LogP contribution in [-0.2, 0) is 12.7 Å². The number of urea groups is 1. The number of alkyl halides is 3. The number of nitrogens with two attached hydrogens (primary N) is 1. The molecule has 0 spiro atoms. The van der Waals surface area contributed by atoms with Crippen molar-refractivity contribution in [1.82, 2.24) is 5.32 Å². The van der Waals surface area contributed by atoms with Crippen molar-refractivity contribution in [1.29, 1.82) is 0 Å². The Balaban J connectivity index is 2.64. The Bertz CT molecular complexity index is 334. The number of nitrogens with one attached hydrogen (secondary N) is 1. The third kappa shape index (κ3) is 2.91. The van der Waals surface area contributed by atoms with Gasteiger partial charge < -0.3 is 11.1 Å². The first kappa shape index (κ1) is 10.8. The van der Waals surface area contributed by atoms with E-state index in [1.807, 2.05) is 0 Å². The van der Waals surface area contributed by atoms with Crippen molar-refractivity contribution in [2.45, 2.75) is 12.7 Å². The van der Waals surface area contributed by atoms with Crippen LogP contribution >= 0.6 is 11.3 Å². The SMILES string of the molecule is NC(=O)NCc1ccc(C(F)(F)F)s1. The highest BCUT2D eigenvalue weighted by molar-refractivity contribution is 7.12. The number of halogens is 3. The summed E-state index contributed by atoms with van der Waals surface area (Å²) in [5, 5.41) is 2.21. The minimum absolute atomic E-state index is 0.0239. The largest absolute Gasteiger partial charge is 0.425 e. The molecular weight excluding hydrogens is 217 g/mol. The highest BCUT2D eigenvalue weighted by Crippen LogP contribution is 2.34. The first-order valence-corrected chi connectivity index (χ1v) is 4.40. The number of carbonyl (C=O) groups excluding carboxylic acids is 1. The number of hydrogen-bond acceptors (Lipinski definition) is 2. The summed E-state index contributed by atoms with van der Waals surface area (Å²) in [6, 6.07) is 1.53. The zero-order valence-electron chi connectivity index (χ0n) is 6.89. The van der Waals surface area contributed by atoms with Crippen molar-refractivity contribution in [2.75, 3.05) is 0 Å². The highest BCUT2D eigenvalue weighted by atomic mass is 32.1. The second-order valence-corrected chi connectivity index (χ2v) is 3.65. The Hall–Kier alpha value is -1.24. The molecule has 0 saturated heterocycles. The van der Waals surface area contributed by atoms with Gasteiger partial charge in [-0.15, -0.1) is 11.3 Å². The van der Waals surface area contributed by atoms with Crippen molar-refractivity contribution in [3.8, 4) is 0 Å². The second kappa shape index (κ2) is 3.87. The lowest BCUT2D eigenvalue weighted by Crippen LogP contribution is -2.28. The summed E-state index contributed by atoms with van der Waals surface area (Å²) in [5.74, 6) is 0. The van der Waals surface area contributed by atoms with Crippen molar-refractivity contribution in [3.05, 3.63) is 21.9 Å². The summed E-state index contributed by atoms with van der Waals surface area (Å²) in [4.78, 5) is 10.0. The monoisotopic (exact) mass is 224 g/mol. The van der Waals surface area contributed by atoms with Crippen molar-refractivity contribution >= 4 is 17.4 Å². The number of carbonyl (C=O) groups is 1. The maximum absolute atomic E-state index is 12.1. The molecule has 7 heteroatoms. The van der Waals surface area contributed by atoms with Crippen LogP contribution < -0.4 is 11.1 Å². The van der Waals surface area contributed by atoms with Crippen LogP contribution in [0.25, 0.3) is 0 Å². The van der Waals surface area contributed by atoms with Crippen molar-refractivity contribution in [2.24, 2.45) is 5.73 Å². The minimum atomic E-state index is -4.32. The molecule has 0 saturated carbocycles. The van der Waals surface area contributed by atoms with Crippen molar-refractivity contribution in [3.63, 3.8) is 0 Å². The van der Waals surface area contributed by atoms with Gasteiger partial charge in [-0.1, -0.05) is 0 Å². The number of hydrogen-bond donors (Lipinski definition) is 2. The molecule has 0 aliphatic rings. The van der Waals surface area contributed by atoms with E-state index in [9.17, 15) is 18.0 Å². The summed E-state index contributed by atoms with van der Waals surface area (Å²) in [6.07, 6.45) is -4.32. The predicted octanol–water partition coefficient (Wildman–Crippen LogP) is 1.94. The molecule has 3 nitrogen and oxygen atoms in total. The predicted molar refractivity (Wildman–Crippen MR) is 45.7 cm³/mol. The van der Waals surface area contributed by atoms with E-state index in [-0.39, 0.29) is 6.54 Å². The van der Waals surface area contributed by atoms with Gasteiger partial charge >= 0.3 is 12.2 Å². The van der Waals surface area contributed by atoms with Gasteiger partial charge in [0.15, 0.2) is 0 Å². The molecule has 0 fully saturated rings. The van der Waals surface area contributed by atoms with Gasteiger partial charge in [-0.25, -0.2) is 4.79 Å². The second-order valence-electron chi connectivity index (χ2n) is 2.48. The lowest BCUT2D eigenvalue weighted by atomic mass is 10.4. The Morgan fingerprint density at radius 2 is 2.14 bits per heavy atom. The number of primary amides is 1. The van der Waals surface area contributed by atoms with Gasteiger partial charge in [0.05, 0.1) is 6.54 Å². The average molecular weight is 224 g/mol. The van der Waals surface area contributed by atoms with Crippen LogP contribution in [0.5, 0.6) is 0 Å². The lowest BCUT2D eigenvalue weighted by molar-refractivity contribution is -0.134. The van der Waals surface area contributed by atoms with Crippen LogP contribution in [0.2, 0.25) is 0 Å². The molecule has 1 aromatic rings. The van der Waals surface area contributed by atoms with Gasteiger partial charge in [0.2, 0.25) is 0 Å². The molecular formula is C7H7F3N2OS. The number of thiophene rings is 1. The highest BCUT2D eigenvalue weighted by Gasteiger charge is 2.32. The van der Waals surface area contributed by atoms with E-state index in [2.05, 4.69) is 5.32 Å². The Morgan fingerprint density at radius 3 is 2.57 bits per heavy atom. The summed E-state index contributed by atoms with van der Waals surface area (Å²) in [7, 11) is 0. The Morgan fingerprint density at radius 1 is 1.50 bits per heavy atom. The van der Waals surface area contributed by atoms with Gasteiger partial charge in [0, 0.05) is 4.88 Å². The first-order chi connectivity index (χ1) is 6.39. The third-order valence-electron chi connectivity index (χ3n) is 1.38. The van der Waals surface area contributed by atoms with E-state index in [1.54, 1.807) is 0 Å².